The molecule has 0 spiro atoms. The van der Waals surface area contributed by atoms with Crippen molar-refractivity contribution in [1.29, 1.82) is 5.26 Å². The zero-order chi connectivity index (χ0) is 14.4. The lowest BCUT2D eigenvalue weighted by Crippen LogP contribution is -2.03. The predicted molar refractivity (Wildman–Crippen MR) is 73.9 cm³/mol. The van der Waals surface area contributed by atoms with Gasteiger partial charge in [-0.2, -0.15) is 5.26 Å². The fourth-order valence-electron chi connectivity index (χ4n) is 2.04. The van der Waals surface area contributed by atoms with Crippen molar-refractivity contribution in [2.45, 2.75) is 26.2 Å². The SMILES string of the molecule is COc1cc(C(C#N)CC(C)C)cc(OC)c1OC. The summed E-state index contributed by atoms with van der Waals surface area (Å²) in [6.07, 6.45) is 0.801. The normalized spacial score (nSPS) is 11.8. The van der Waals surface area contributed by atoms with E-state index in [1.54, 1.807) is 21.3 Å². The van der Waals surface area contributed by atoms with Crippen molar-refractivity contribution in [3.05, 3.63) is 17.7 Å². The van der Waals surface area contributed by atoms with Gasteiger partial charge in [-0.25, -0.2) is 0 Å². The van der Waals surface area contributed by atoms with E-state index in [2.05, 4.69) is 19.9 Å². The molecule has 0 aliphatic rings. The van der Waals surface area contributed by atoms with E-state index >= 15 is 0 Å². The molecule has 19 heavy (non-hydrogen) atoms. The van der Waals surface area contributed by atoms with Crippen molar-refractivity contribution in [2.24, 2.45) is 5.92 Å². The van der Waals surface area contributed by atoms with Crippen LogP contribution in [-0.4, -0.2) is 21.3 Å². The quantitative estimate of drug-likeness (QED) is 0.789. The summed E-state index contributed by atoms with van der Waals surface area (Å²) >= 11 is 0. The minimum absolute atomic E-state index is 0.172. The fourth-order valence-corrected chi connectivity index (χ4v) is 2.04. The second-order valence-electron chi connectivity index (χ2n) is 4.77. The molecule has 4 heteroatoms. The van der Waals surface area contributed by atoms with Crippen LogP contribution in [0, 0.1) is 17.2 Å². The van der Waals surface area contributed by atoms with Gasteiger partial charge in [-0.1, -0.05) is 13.8 Å². The molecule has 0 aliphatic heterocycles. The highest BCUT2D eigenvalue weighted by Gasteiger charge is 2.19. The molecule has 0 radical (unpaired) electrons. The molecule has 0 fully saturated rings. The van der Waals surface area contributed by atoms with Gasteiger partial charge in [-0.3, -0.25) is 0 Å². The molecule has 0 N–H and O–H groups in total. The summed E-state index contributed by atoms with van der Waals surface area (Å²) in [5.41, 5.74) is 0.894. The lowest BCUT2D eigenvalue weighted by atomic mass is 9.91. The van der Waals surface area contributed by atoms with Crippen LogP contribution in [0.25, 0.3) is 0 Å². The summed E-state index contributed by atoms with van der Waals surface area (Å²) in [7, 11) is 4.71. The van der Waals surface area contributed by atoms with Gasteiger partial charge in [0.15, 0.2) is 11.5 Å². The van der Waals surface area contributed by atoms with E-state index < -0.39 is 0 Å². The third-order valence-corrected chi connectivity index (χ3v) is 2.95. The Labute approximate surface area is 114 Å². The Hall–Kier alpha value is -1.89. The van der Waals surface area contributed by atoms with Gasteiger partial charge in [0.05, 0.1) is 33.3 Å². The first kappa shape index (κ1) is 15.2. The summed E-state index contributed by atoms with van der Waals surface area (Å²) in [4.78, 5) is 0. The maximum atomic E-state index is 9.32. The predicted octanol–water partition coefficient (Wildman–Crippen LogP) is 3.37. The van der Waals surface area contributed by atoms with Gasteiger partial charge in [0.25, 0.3) is 0 Å². The number of rotatable bonds is 6. The average Bonchev–Trinajstić information content (AvgIpc) is 2.42. The lowest BCUT2D eigenvalue weighted by molar-refractivity contribution is 0.323. The summed E-state index contributed by atoms with van der Waals surface area (Å²) < 4.78 is 15.9. The van der Waals surface area contributed by atoms with Gasteiger partial charge < -0.3 is 14.2 Å². The highest BCUT2D eigenvalue weighted by atomic mass is 16.5. The number of nitriles is 1. The van der Waals surface area contributed by atoms with Crippen LogP contribution >= 0.6 is 0 Å². The molecule has 1 rings (SSSR count). The first-order chi connectivity index (χ1) is 9.07. The van der Waals surface area contributed by atoms with Crippen LogP contribution in [0.3, 0.4) is 0 Å². The Balaban J connectivity index is 3.25. The molecule has 0 heterocycles. The van der Waals surface area contributed by atoms with E-state index in [0.29, 0.717) is 23.2 Å². The number of methoxy groups -OCH3 is 3. The van der Waals surface area contributed by atoms with E-state index in [4.69, 9.17) is 14.2 Å². The van der Waals surface area contributed by atoms with Crippen LogP contribution in [0.2, 0.25) is 0 Å². The Bertz CT molecular complexity index is 438. The van der Waals surface area contributed by atoms with Crippen LogP contribution in [0.4, 0.5) is 0 Å². The van der Waals surface area contributed by atoms with Crippen LogP contribution in [0.5, 0.6) is 17.2 Å². The second kappa shape index (κ2) is 6.89. The number of benzene rings is 1. The molecule has 0 bridgehead atoms. The molecular weight excluding hydrogens is 242 g/mol. The van der Waals surface area contributed by atoms with Crippen molar-refractivity contribution in [3.8, 4) is 23.3 Å². The summed E-state index contributed by atoms with van der Waals surface area (Å²) in [5.74, 6) is 1.99. The molecule has 104 valence electrons. The van der Waals surface area contributed by atoms with E-state index in [1.165, 1.54) is 0 Å². The topological polar surface area (TPSA) is 51.5 Å². The molecule has 0 amide bonds. The Morgan fingerprint density at radius 3 is 1.89 bits per heavy atom. The van der Waals surface area contributed by atoms with E-state index in [1.807, 2.05) is 12.1 Å². The van der Waals surface area contributed by atoms with Crippen molar-refractivity contribution in [1.82, 2.24) is 0 Å². The molecule has 0 aromatic heterocycles. The summed E-state index contributed by atoms with van der Waals surface area (Å²) in [6.45, 7) is 4.20. The molecule has 1 aromatic carbocycles. The molecule has 0 saturated carbocycles. The van der Waals surface area contributed by atoms with Crippen molar-refractivity contribution in [3.63, 3.8) is 0 Å². The number of ether oxygens (including phenoxy) is 3. The Kier molecular flexibility index (Phi) is 5.50. The third-order valence-electron chi connectivity index (χ3n) is 2.95. The first-order valence-electron chi connectivity index (χ1n) is 6.26. The third kappa shape index (κ3) is 3.54. The average molecular weight is 263 g/mol. The van der Waals surface area contributed by atoms with Crippen LogP contribution in [0.1, 0.15) is 31.7 Å². The van der Waals surface area contributed by atoms with Crippen LogP contribution in [-0.2, 0) is 0 Å². The highest BCUT2D eigenvalue weighted by Crippen LogP contribution is 2.40. The van der Waals surface area contributed by atoms with Crippen LogP contribution in [0.15, 0.2) is 12.1 Å². The van der Waals surface area contributed by atoms with Crippen molar-refractivity contribution >= 4 is 0 Å². The van der Waals surface area contributed by atoms with Gasteiger partial charge in [0.1, 0.15) is 0 Å². The number of hydrogen-bond donors (Lipinski definition) is 0. The highest BCUT2D eigenvalue weighted by molar-refractivity contribution is 5.55. The van der Waals surface area contributed by atoms with Gasteiger partial charge in [0.2, 0.25) is 5.75 Å². The number of hydrogen-bond acceptors (Lipinski definition) is 4. The molecule has 0 aliphatic carbocycles. The molecule has 0 saturated heterocycles. The Morgan fingerprint density at radius 2 is 1.58 bits per heavy atom. The maximum Gasteiger partial charge on any atom is 0.203 e. The van der Waals surface area contributed by atoms with Crippen LogP contribution < -0.4 is 14.2 Å². The standard InChI is InChI=1S/C15H21NO3/c1-10(2)6-12(9-16)11-7-13(17-3)15(19-5)14(8-11)18-4/h7-8,10,12H,6H2,1-5H3. The minimum atomic E-state index is -0.172. The van der Waals surface area contributed by atoms with Gasteiger partial charge in [-0.05, 0) is 30.0 Å². The molecular formula is C15H21NO3. The van der Waals surface area contributed by atoms with Gasteiger partial charge in [-0.15, -0.1) is 0 Å². The largest absolute Gasteiger partial charge is 0.493 e. The van der Waals surface area contributed by atoms with Gasteiger partial charge >= 0.3 is 0 Å². The zero-order valence-corrected chi connectivity index (χ0v) is 12.2. The maximum absolute atomic E-state index is 9.32. The molecule has 1 atom stereocenters. The van der Waals surface area contributed by atoms with E-state index in [9.17, 15) is 5.26 Å². The number of nitrogens with zero attached hydrogens (tertiary/aromatic N) is 1. The molecule has 1 unspecified atom stereocenters. The molecule has 1 aromatic rings. The Morgan fingerprint density at radius 1 is 1.05 bits per heavy atom. The smallest absolute Gasteiger partial charge is 0.203 e. The van der Waals surface area contributed by atoms with E-state index in [0.717, 1.165) is 12.0 Å². The first-order valence-corrected chi connectivity index (χ1v) is 6.26. The van der Waals surface area contributed by atoms with Gasteiger partial charge in [0, 0.05) is 0 Å². The minimum Gasteiger partial charge on any atom is -0.493 e. The monoisotopic (exact) mass is 263 g/mol. The zero-order valence-electron chi connectivity index (χ0n) is 12.2. The molecule has 4 nitrogen and oxygen atoms in total. The lowest BCUT2D eigenvalue weighted by Gasteiger charge is -2.17. The summed E-state index contributed by atoms with van der Waals surface area (Å²) in [5, 5.41) is 9.32. The van der Waals surface area contributed by atoms with E-state index in [-0.39, 0.29) is 5.92 Å². The fraction of sp³-hybridized carbons (Fsp3) is 0.533. The second-order valence-corrected chi connectivity index (χ2v) is 4.77. The van der Waals surface area contributed by atoms with Crippen molar-refractivity contribution < 1.29 is 14.2 Å². The van der Waals surface area contributed by atoms with Crippen molar-refractivity contribution in [2.75, 3.05) is 21.3 Å². The summed E-state index contributed by atoms with van der Waals surface area (Å²) in [6, 6.07) is 6.03.